The monoisotopic (exact) mass is 386 g/mol. The highest BCUT2D eigenvalue weighted by Crippen LogP contribution is 2.33. The van der Waals surface area contributed by atoms with E-state index in [1.807, 2.05) is 12.1 Å². The summed E-state index contributed by atoms with van der Waals surface area (Å²) in [6.45, 7) is 3.77. The van der Waals surface area contributed by atoms with Crippen LogP contribution < -0.4 is 4.74 Å². The maximum absolute atomic E-state index is 11.4. The van der Waals surface area contributed by atoms with Crippen LogP contribution in [0.25, 0.3) is 0 Å². The largest absolute Gasteiger partial charge is 0.490 e. The van der Waals surface area contributed by atoms with E-state index >= 15 is 0 Å². The number of nitrogens with zero attached hydrogens (tertiary/aromatic N) is 2. The molecule has 1 aliphatic carbocycles. The van der Waals surface area contributed by atoms with Crippen LogP contribution >= 0.6 is 11.6 Å². The van der Waals surface area contributed by atoms with Gasteiger partial charge in [-0.05, 0) is 62.4 Å². The molecule has 0 unspecified atom stereocenters. The van der Waals surface area contributed by atoms with Crippen LogP contribution in [0.2, 0.25) is 5.02 Å². The van der Waals surface area contributed by atoms with Gasteiger partial charge < -0.3 is 4.74 Å². The van der Waals surface area contributed by atoms with Gasteiger partial charge in [-0.15, -0.1) is 0 Å². The minimum Gasteiger partial charge on any atom is -0.490 e. The van der Waals surface area contributed by atoms with Crippen LogP contribution in [0.4, 0.5) is 0 Å². The molecule has 0 atom stereocenters. The highest BCUT2D eigenvalue weighted by atomic mass is 35.5. The second-order valence-corrected chi connectivity index (χ2v) is 9.85. The summed E-state index contributed by atoms with van der Waals surface area (Å²) >= 11 is 6.42. The average Bonchev–Trinajstić information content (AvgIpc) is 2.99. The van der Waals surface area contributed by atoms with E-state index in [0.29, 0.717) is 12.5 Å². The number of halogens is 1. The predicted octanol–water partition coefficient (Wildman–Crippen LogP) is 2.98. The number of hydrogen-bond acceptors (Lipinski definition) is 4. The van der Waals surface area contributed by atoms with E-state index in [1.54, 1.807) is 7.05 Å². The first-order valence-corrected chi connectivity index (χ1v) is 11.1. The fourth-order valence-corrected chi connectivity index (χ4v) is 4.23. The molecule has 1 saturated carbocycles. The molecular formula is C18H27ClN2O3S. The molecule has 140 valence electrons. The summed E-state index contributed by atoms with van der Waals surface area (Å²) in [6, 6.07) is 5.96. The Hall–Kier alpha value is -0.820. The zero-order chi connectivity index (χ0) is 18.0. The Labute approximate surface area is 155 Å². The average molecular weight is 387 g/mol. The first-order valence-electron chi connectivity index (χ1n) is 8.90. The van der Waals surface area contributed by atoms with Gasteiger partial charge in [-0.3, -0.25) is 4.90 Å². The van der Waals surface area contributed by atoms with Crippen molar-refractivity contribution in [2.75, 3.05) is 32.9 Å². The van der Waals surface area contributed by atoms with Crippen LogP contribution in [0.3, 0.4) is 0 Å². The van der Waals surface area contributed by atoms with E-state index in [0.717, 1.165) is 48.8 Å². The van der Waals surface area contributed by atoms with Gasteiger partial charge in [0.05, 0.1) is 12.4 Å². The molecule has 0 bridgehead atoms. The third-order valence-electron chi connectivity index (χ3n) is 5.19. The van der Waals surface area contributed by atoms with Gasteiger partial charge in [0.15, 0.2) is 0 Å². The summed E-state index contributed by atoms with van der Waals surface area (Å²) in [5.41, 5.74) is 1.15. The Morgan fingerprint density at radius 1 is 1.28 bits per heavy atom. The standard InChI is InChI=1S/C18H27ClN2O3S/c1-20(25(2,22)23)12-14-9-17(10-14)24-16-6-5-15(18(19)11-16)13-21-7-3-4-8-21/h5-6,11,14,17H,3-4,7-10,12-13H2,1-2H3. The van der Waals surface area contributed by atoms with Crippen LogP contribution in [0.5, 0.6) is 5.75 Å². The lowest BCUT2D eigenvalue weighted by molar-refractivity contribution is 0.0576. The van der Waals surface area contributed by atoms with Crippen molar-refractivity contribution in [3.05, 3.63) is 28.8 Å². The Kier molecular flexibility index (Phi) is 5.93. The second-order valence-electron chi connectivity index (χ2n) is 7.36. The first kappa shape index (κ1) is 19.0. The van der Waals surface area contributed by atoms with Gasteiger partial charge in [0, 0.05) is 25.2 Å². The summed E-state index contributed by atoms with van der Waals surface area (Å²) in [4.78, 5) is 2.43. The molecule has 3 rings (SSSR count). The van der Waals surface area contributed by atoms with E-state index in [2.05, 4.69) is 11.0 Å². The second kappa shape index (κ2) is 7.82. The molecule has 5 nitrogen and oxygen atoms in total. The molecule has 0 aromatic heterocycles. The van der Waals surface area contributed by atoms with Gasteiger partial charge in [0.1, 0.15) is 5.75 Å². The molecule has 0 spiro atoms. The van der Waals surface area contributed by atoms with Gasteiger partial charge in [-0.25, -0.2) is 12.7 Å². The summed E-state index contributed by atoms with van der Waals surface area (Å²) in [6.07, 6.45) is 5.70. The first-order chi connectivity index (χ1) is 11.8. The van der Waals surface area contributed by atoms with Gasteiger partial charge >= 0.3 is 0 Å². The van der Waals surface area contributed by atoms with Crippen molar-refractivity contribution >= 4 is 21.6 Å². The smallest absolute Gasteiger partial charge is 0.210 e. The number of likely N-dealkylation sites (tertiary alicyclic amines) is 1. The molecule has 1 aromatic rings. The van der Waals surface area contributed by atoms with E-state index in [1.165, 1.54) is 23.4 Å². The van der Waals surface area contributed by atoms with E-state index in [-0.39, 0.29) is 6.10 Å². The number of hydrogen-bond donors (Lipinski definition) is 0. The van der Waals surface area contributed by atoms with E-state index in [9.17, 15) is 8.42 Å². The van der Waals surface area contributed by atoms with E-state index in [4.69, 9.17) is 16.3 Å². The molecule has 0 radical (unpaired) electrons. The normalized spacial score (nSPS) is 24.5. The van der Waals surface area contributed by atoms with Gasteiger partial charge in [-0.2, -0.15) is 0 Å². The molecule has 0 amide bonds. The summed E-state index contributed by atoms with van der Waals surface area (Å²) in [5, 5.41) is 0.761. The highest BCUT2D eigenvalue weighted by Gasteiger charge is 2.33. The molecule has 1 aromatic carbocycles. The molecule has 7 heteroatoms. The third-order valence-corrected chi connectivity index (χ3v) is 6.83. The molecule has 1 saturated heterocycles. The van der Waals surface area contributed by atoms with Crippen molar-refractivity contribution in [1.82, 2.24) is 9.21 Å². The maximum Gasteiger partial charge on any atom is 0.210 e. The SMILES string of the molecule is CN(CC1CC(Oc2ccc(CN3CCCC3)c(Cl)c2)C1)S(C)(=O)=O. The zero-order valence-corrected chi connectivity index (χ0v) is 16.5. The minimum atomic E-state index is -3.10. The van der Waals surface area contributed by atoms with Crippen LogP contribution in [-0.2, 0) is 16.6 Å². The molecule has 1 heterocycles. The van der Waals surface area contributed by atoms with Crippen LogP contribution in [0.1, 0.15) is 31.2 Å². The maximum atomic E-state index is 11.4. The van der Waals surface area contributed by atoms with E-state index < -0.39 is 10.0 Å². The lowest BCUT2D eigenvalue weighted by Crippen LogP contribution is -2.41. The predicted molar refractivity (Wildman–Crippen MR) is 101 cm³/mol. The molecule has 2 fully saturated rings. The Bertz CT molecular complexity index is 698. The van der Waals surface area contributed by atoms with Crippen molar-refractivity contribution in [2.45, 2.75) is 38.3 Å². The Morgan fingerprint density at radius 3 is 2.56 bits per heavy atom. The van der Waals surface area contributed by atoms with Crippen molar-refractivity contribution < 1.29 is 13.2 Å². The van der Waals surface area contributed by atoms with Crippen LogP contribution in [0, 0.1) is 5.92 Å². The Morgan fingerprint density at radius 2 is 1.96 bits per heavy atom. The summed E-state index contributed by atoms with van der Waals surface area (Å²) in [5.74, 6) is 1.17. The van der Waals surface area contributed by atoms with Crippen molar-refractivity contribution in [3.8, 4) is 5.75 Å². The fraction of sp³-hybridized carbons (Fsp3) is 0.667. The topological polar surface area (TPSA) is 49.9 Å². The lowest BCUT2D eigenvalue weighted by Gasteiger charge is -2.37. The summed E-state index contributed by atoms with van der Waals surface area (Å²) in [7, 11) is -1.47. The van der Waals surface area contributed by atoms with Gasteiger partial charge in [-0.1, -0.05) is 17.7 Å². The Balaban J connectivity index is 1.47. The van der Waals surface area contributed by atoms with Crippen LogP contribution in [-0.4, -0.2) is 56.7 Å². The minimum absolute atomic E-state index is 0.151. The highest BCUT2D eigenvalue weighted by molar-refractivity contribution is 7.88. The van der Waals surface area contributed by atoms with Crippen molar-refractivity contribution in [2.24, 2.45) is 5.92 Å². The molecule has 0 N–H and O–H groups in total. The number of rotatable bonds is 7. The zero-order valence-electron chi connectivity index (χ0n) is 14.9. The number of ether oxygens (including phenoxy) is 1. The van der Waals surface area contributed by atoms with Gasteiger partial charge in [0.2, 0.25) is 10.0 Å². The van der Waals surface area contributed by atoms with Crippen LogP contribution in [0.15, 0.2) is 18.2 Å². The molecule has 1 aliphatic heterocycles. The fourth-order valence-electron chi connectivity index (χ4n) is 3.52. The lowest BCUT2D eigenvalue weighted by atomic mass is 9.82. The number of sulfonamides is 1. The molecule has 25 heavy (non-hydrogen) atoms. The number of benzene rings is 1. The molecule has 2 aliphatic rings. The van der Waals surface area contributed by atoms with Gasteiger partial charge in [0.25, 0.3) is 0 Å². The van der Waals surface area contributed by atoms with Crippen molar-refractivity contribution in [1.29, 1.82) is 0 Å². The summed E-state index contributed by atoms with van der Waals surface area (Å²) < 4.78 is 30.3. The van der Waals surface area contributed by atoms with Crippen molar-refractivity contribution in [3.63, 3.8) is 0 Å². The third kappa shape index (κ3) is 5.09. The quantitative estimate of drug-likeness (QED) is 0.722. The molecular weight excluding hydrogens is 360 g/mol.